The Bertz CT molecular complexity index is 570. The lowest BCUT2D eigenvalue weighted by Crippen LogP contribution is -2.14. The topological polar surface area (TPSA) is 66.1 Å². The molecular weight excluding hydrogens is 278 g/mol. The van der Waals surface area contributed by atoms with Gasteiger partial charge >= 0.3 is 0 Å². The van der Waals surface area contributed by atoms with Gasteiger partial charge in [-0.25, -0.2) is 0 Å². The Kier molecular flexibility index (Phi) is 4.81. The molecule has 0 saturated carbocycles. The summed E-state index contributed by atoms with van der Waals surface area (Å²) in [4.78, 5) is 6.19. The second-order valence-corrected chi connectivity index (χ2v) is 4.96. The first-order valence-corrected chi connectivity index (χ1v) is 6.59. The molecule has 1 aromatic carbocycles. The van der Waals surface area contributed by atoms with Gasteiger partial charge < -0.3 is 15.0 Å². The fraction of sp³-hybridized carbons (Fsp3) is 0.385. The second-order valence-electron chi connectivity index (χ2n) is 4.55. The lowest BCUT2D eigenvalue weighted by Gasteiger charge is -2.07. The van der Waals surface area contributed by atoms with Crippen LogP contribution in [0.3, 0.4) is 0 Å². The minimum absolute atomic E-state index is 0.613. The Morgan fingerprint density at radius 3 is 2.80 bits per heavy atom. The molecule has 1 aromatic heterocycles. The minimum Gasteiger partial charge on any atom is -0.495 e. The molecule has 0 atom stereocenters. The van der Waals surface area contributed by atoms with Crippen molar-refractivity contribution in [3.8, 4) is 5.75 Å². The molecule has 6 nitrogen and oxygen atoms in total. The molecule has 0 saturated heterocycles. The number of nitrogens with zero attached hydrogens (tertiary/aromatic N) is 3. The fourth-order valence-corrected chi connectivity index (χ4v) is 1.90. The molecule has 0 amide bonds. The maximum absolute atomic E-state index is 5.99. The molecule has 1 heterocycles. The third kappa shape index (κ3) is 3.61. The number of ether oxygens (including phenoxy) is 1. The molecule has 0 spiro atoms. The van der Waals surface area contributed by atoms with Crippen molar-refractivity contribution in [2.75, 3.05) is 26.1 Å². The van der Waals surface area contributed by atoms with Crippen LogP contribution in [-0.2, 0) is 13.1 Å². The molecule has 0 fully saturated rings. The zero-order valence-electron chi connectivity index (χ0n) is 11.8. The molecule has 7 heteroatoms. The first kappa shape index (κ1) is 14.6. The summed E-state index contributed by atoms with van der Waals surface area (Å²) in [5, 5.41) is 10.9. The Morgan fingerprint density at radius 1 is 1.35 bits per heavy atom. The van der Waals surface area contributed by atoms with E-state index in [1.807, 2.05) is 37.2 Å². The maximum atomic E-state index is 5.99. The molecule has 0 aliphatic heterocycles. The van der Waals surface area contributed by atoms with Crippen molar-refractivity contribution < 1.29 is 4.74 Å². The summed E-state index contributed by atoms with van der Waals surface area (Å²) in [5.74, 6) is 2.16. The zero-order valence-corrected chi connectivity index (χ0v) is 12.5. The highest BCUT2D eigenvalue weighted by Gasteiger charge is 2.05. The van der Waals surface area contributed by atoms with E-state index in [2.05, 4.69) is 20.5 Å². The normalized spacial score (nSPS) is 10.6. The van der Waals surface area contributed by atoms with E-state index >= 15 is 0 Å². The number of methoxy groups -OCH3 is 1. The molecule has 20 heavy (non-hydrogen) atoms. The predicted octanol–water partition coefficient (Wildman–Crippen LogP) is 1.82. The molecule has 0 aliphatic rings. The van der Waals surface area contributed by atoms with Crippen LogP contribution in [0.4, 0.5) is 5.95 Å². The van der Waals surface area contributed by atoms with Crippen LogP contribution < -0.4 is 15.0 Å². The maximum Gasteiger partial charge on any atom is 0.244 e. The number of halogens is 1. The van der Waals surface area contributed by atoms with Gasteiger partial charge in [0.25, 0.3) is 0 Å². The number of nitrogens with one attached hydrogen (secondary N) is 2. The van der Waals surface area contributed by atoms with Crippen molar-refractivity contribution in [3.05, 3.63) is 34.6 Å². The van der Waals surface area contributed by atoms with E-state index in [4.69, 9.17) is 16.3 Å². The standard InChI is InChI=1S/C13H18ClN5O/c1-19(2)13-16-12(17-18-13)8-15-7-9-4-5-10(14)11(6-9)20-3/h4-6,15H,7-8H2,1-3H3,(H,16,17,18). The second kappa shape index (κ2) is 6.58. The van der Waals surface area contributed by atoms with Crippen molar-refractivity contribution in [2.24, 2.45) is 0 Å². The molecule has 108 valence electrons. The predicted molar refractivity (Wildman–Crippen MR) is 79.3 cm³/mol. The van der Waals surface area contributed by atoms with Gasteiger partial charge in [0.05, 0.1) is 18.7 Å². The molecule has 2 N–H and O–H groups in total. The van der Waals surface area contributed by atoms with Crippen LogP contribution in [0.1, 0.15) is 11.4 Å². The van der Waals surface area contributed by atoms with Gasteiger partial charge in [-0.15, -0.1) is 5.10 Å². The first-order valence-electron chi connectivity index (χ1n) is 6.22. The molecule has 0 radical (unpaired) electrons. The number of H-pyrrole nitrogens is 1. The van der Waals surface area contributed by atoms with Crippen LogP contribution >= 0.6 is 11.6 Å². The largest absolute Gasteiger partial charge is 0.495 e. The molecule has 0 bridgehead atoms. The van der Waals surface area contributed by atoms with Gasteiger partial charge in [-0.2, -0.15) is 4.98 Å². The number of hydrogen-bond donors (Lipinski definition) is 2. The highest BCUT2D eigenvalue weighted by atomic mass is 35.5. The highest BCUT2D eigenvalue weighted by Crippen LogP contribution is 2.24. The highest BCUT2D eigenvalue weighted by molar-refractivity contribution is 6.32. The Balaban J connectivity index is 1.89. The summed E-state index contributed by atoms with van der Waals surface area (Å²) in [6.45, 7) is 1.32. The number of benzene rings is 1. The van der Waals surface area contributed by atoms with E-state index in [9.17, 15) is 0 Å². The number of hydrogen-bond acceptors (Lipinski definition) is 5. The van der Waals surface area contributed by atoms with Crippen LogP contribution in [0.2, 0.25) is 5.02 Å². The van der Waals surface area contributed by atoms with E-state index in [0.717, 1.165) is 11.4 Å². The van der Waals surface area contributed by atoms with Crippen molar-refractivity contribution in [3.63, 3.8) is 0 Å². The van der Waals surface area contributed by atoms with Crippen LogP contribution in [-0.4, -0.2) is 36.4 Å². The summed E-state index contributed by atoms with van der Waals surface area (Å²) in [5.41, 5.74) is 1.10. The lowest BCUT2D eigenvalue weighted by molar-refractivity contribution is 0.414. The summed E-state index contributed by atoms with van der Waals surface area (Å²) in [6.07, 6.45) is 0. The van der Waals surface area contributed by atoms with Crippen molar-refractivity contribution in [1.29, 1.82) is 0 Å². The van der Waals surface area contributed by atoms with E-state index < -0.39 is 0 Å². The molecule has 0 aliphatic carbocycles. The summed E-state index contributed by atoms with van der Waals surface area (Å²) in [7, 11) is 5.41. The Morgan fingerprint density at radius 2 is 2.15 bits per heavy atom. The van der Waals surface area contributed by atoms with Crippen molar-refractivity contribution in [2.45, 2.75) is 13.1 Å². The van der Waals surface area contributed by atoms with Gasteiger partial charge in [0, 0.05) is 20.6 Å². The molecule has 0 unspecified atom stereocenters. The fourth-order valence-electron chi connectivity index (χ4n) is 1.70. The Labute approximate surface area is 123 Å². The third-order valence-electron chi connectivity index (χ3n) is 2.76. The third-order valence-corrected chi connectivity index (χ3v) is 3.07. The van der Waals surface area contributed by atoms with Crippen molar-refractivity contribution >= 4 is 17.5 Å². The SMILES string of the molecule is COc1cc(CNCc2nc(N(C)C)n[nH]2)ccc1Cl. The number of anilines is 1. The number of aromatic amines is 1. The van der Waals surface area contributed by atoms with E-state index in [1.165, 1.54) is 0 Å². The van der Waals surface area contributed by atoms with Crippen LogP contribution in [0.5, 0.6) is 5.75 Å². The average Bonchev–Trinajstić information content (AvgIpc) is 2.89. The monoisotopic (exact) mass is 295 g/mol. The zero-order chi connectivity index (χ0) is 14.5. The summed E-state index contributed by atoms with van der Waals surface area (Å²) >= 11 is 5.99. The quantitative estimate of drug-likeness (QED) is 0.851. The summed E-state index contributed by atoms with van der Waals surface area (Å²) in [6, 6.07) is 5.71. The van der Waals surface area contributed by atoms with Crippen LogP contribution in [0, 0.1) is 0 Å². The minimum atomic E-state index is 0.613. The molecular formula is C13H18ClN5O. The van der Waals surface area contributed by atoms with Gasteiger partial charge in [0.1, 0.15) is 11.6 Å². The summed E-state index contributed by atoms with van der Waals surface area (Å²) < 4.78 is 5.19. The van der Waals surface area contributed by atoms with Gasteiger partial charge in [-0.3, -0.25) is 5.10 Å². The van der Waals surface area contributed by atoms with Crippen LogP contribution in [0.15, 0.2) is 18.2 Å². The smallest absolute Gasteiger partial charge is 0.244 e. The van der Waals surface area contributed by atoms with Gasteiger partial charge in [-0.05, 0) is 17.7 Å². The van der Waals surface area contributed by atoms with E-state index in [1.54, 1.807) is 7.11 Å². The van der Waals surface area contributed by atoms with Gasteiger partial charge in [-0.1, -0.05) is 17.7 Å². The molecule has 2 rings (SSSR count). The van der Waals surface area contributed by atoms with Gasteiger partial charge in [0.2, 0.25) is 5.95 Å². The Hall–Kier alpha value is -1.79. The average molecular weight is 296 g/mol. The lowest BCUT2D eigenvalue weighted by atomic mass is 10.2. The first-order chi connectivity index (χ1) is 9.60. The van der Waals surface area contributed by atoms with Gasteiger partial charge in [0.15, 0.2) is 0 Å². The number of rotatable bonds is 6. The number of aromatic nitrogens is 3. The van der Waals surface area contributed by atoms with Crippen molar-refractivity contribution in [1.82, 2.24) is 20.5 Å². The molecule has 2 aromatic rings. The van der Waals surface area contributed by atoms with Crippen LogP contribution in [0.25, 0.3) is 0 Å². The van der Waals surface area contributed by atoms with E-state index in [-0.39, 0.29) is 0 Å². The van der Waals surface area contributed by atoms with E-state index in [0.29, 0.717) is 29.8 Å².